The largest absolute Gasteiger partial charge is 0.489 e. The van der Waals surface area contributed by atoms with Crippen LogP contribution in [-0.2, 0) is 26.3 Å². The highest BCUT2D eigenvalue weighted by molar-refractivity contribution is 5.98. The van der Waals surface area contributed by atoms with Crippen molar-refractivity contribution in [3.8, 4) is 5.75 Å². The van der Waals surface area contributed by atoms with Gasteiger partial charge in [-0.15, -0.1) is 0 Å². The second-order valence-corrected chi connectivity index (χ2v) is 8.55. The molecule has 0 radical (unpaired) electrons. The van der Waals surface area contributed by atoms with Gasteiger partial charge in [-0.25, -0.2) is 0 Å². The van der Waals surface area contributed by atoms with Gasteiger partial charge >= 0.3 is 11.9 Å². The molecule has 0 spiro atoms. The molecule has 2 atom stereocenters. The van der Waals surface area contributed by atoms with Gasteiger partial charge < -0.3 is 14.6 Å². The van der Waals surface area contributed by atoms with Crippen LogP contribution in [0.2, 0.25) is 0 Å². The summed E-state index contributed by atoms with van der Waals surface area (Å²) in [6.07, 6.45) is 0. The summed E-state index contributed by atoms with van der Waals surface area (Å²) in [6.45, 7) is 5.88. The Morgan fingerprint density at radius 1 is 1.10 bits per heavy atom. The minimum absolute atomic E-state index is 0.370. The molecule has 1 heterocycles. The van der Waals surface area contributed by atoms with Crippen molar-refractivity contribution in [1.82, 2.24) is 4.98 Å². The second-order valence-electron chi connectivity index (χ2n) is 8.55. The molecule has 0 aliphatic heterocycles. The van der Waals surface area contributed by atoms with Crippen molar-refractivity contribution >= 4 is 22.8 Å². The number of pyridine rings is 1. The highest BCUT2D eigenvalue weighted by Gasteiger charge is 2.80. The average Bonchev–Trinajstić information content (AvgIpc) is 3.29. The highest BCUT2D eigenvalue weighted by Crippen LogP contribution is 2.70. The summed E-state index contributed by atoms with van der Waals surface area (Å²) in [5.41, 5.74) is 1.55. The van der Waals surface area contributed by atoms with Crippen LogP contribution >= 0.6 is 0 Å². The number of aromatic nitrogens is 1. The number of carboxylic acids is 1. The molecule has 3 aromatic rings. The van der Waals surface area contributed by atoms with Gasteiger partial charge in [-0.05, 0) is 36.8 Å². The maximum absolute atomic E-state index is 12.7. The fourth-order valence-electron chi connectivity index (χ4n) is 4.95. The molecular weight excluding hydrogens is 394 g/mol. The maximum Gasteiger partial charge on any atom is 0.317 e. The Kier molecular flexibility index (Phi) is 4.96. The zero-order valence-electron chi connectivity index (χ0n) is 18.0. The zero-order chi connectivity index (χ0) is 22.4. The molecule has 6 heteroatoms. The van der Waals surface area contributed by atoms with E-state index in [2.05, 4.69) is 4.98 Å². The number of para-hydroxylation sites is 1. The molecule has 1 aliphatic carbocycles. The molecule has 0 amide bonds. The maximum atomic E-state index is 12.7. The number of hydrogen-bond acceptors (Lipinski definition) is 5. The number of rotatable bonds is 6. The lowest BCUT2D eigenvalue weighted by molar-refractivity contribution is -0.148. The van der Waals surface area contributed by atoms with Gasteiger partial charge in [-0.3, -0.25) is 14.6 Å². The third-order valence-electron chi connectivity index (χ3n) is 6.48. The van der Waals surface area contributed by atoms with Gasteiger partial charge in [-0.2, -0.15) is 0 Å². The Balaban J connectivity index is 1.59. The predicted molar refractivity (Wildman–Crippen MR) is 116 cm³/mol. The number of benzene rings is 2. The Bertz CT molecular complexity index is 1170. The molecule has 1 aromatic heterocycles. The van der Waals surface area contributed by atoms with Crippen molar-refractivity contribution < 1.29 is 24.2 Å². The lowest BCUT2D eigenvalue weighted by Gasteiger charge is -2.19. The molecule has 31 heavy (non-hydrogen) atoms. The number of carbonyl (C=O) groups excluding carboxylic acids is 1. The molecular formula is C25H25NO5. The molecule has 6 nitrogen and oxygen atoms in total. The number of carboxylic acid groups (broad SMARTS) is 1. The fraction of sp³-hybridized carbons (Fsp3) is 0.320. The minimum Gasteiger partial charge on any atom is -0.489 e. The third kappa shape index (κ3) is 3.14. The van der Waals surface area contributed by atoms with Gasteiger partial charge in [0.05, 0.1) is 18.5 Å². The van der Waals surface area contributed by atoms with Crippen LogP contribution < -0.4 is 4.74 Å². The van der Waals surface area contributed by atoms with Crippen molar-refractivity contribution in [2.45, 2.75) is 32.8 Å². The van der Waals surface area contributed by atoms with Crippen molar-refractivity contribution in [2.75, 3.05) is 7.11 Å². The Morgan fingerprint density at radius 3 is 2.39 bits per heavy atom. The molecule has 160 valence electrons. The first-order chi connectivity index (χ1) is 14.7. The zero-order valence-corrected chi connectivity index (χ0v) is 18.0. The van der Waals surface area contributed by atoms with Gasteiger partial charge in [0.2, 0.25) is 0 Å². The van der Waals surface area contributed by atoms with Crippen molar-refractivity contribution in [3.63, 3.8) is 0 Å². The Labute approximate surface area is 180 Å². The number of methoxy groups -OCH3 is 1. The van der Waals surface area contributed by atoms with Crippen molar-refractivity contribution in [1.29, 1.82) is 0 Å². The van der Waals surface area contributed by atoms with Crippen LogP contribution in [-0.4, -0.2) is 29.1 Å². The molecule has 1 N–H and O–H groups in total. The van der Waals surface area contributed by atoms with Gasteiger partial charge in [-0.1, -0.05) is 44.2 Å². The average molecular weight is 419 g/mol. The van der Waals surface area contributed by atoms with E-state index >= 15 is 0 Å². The van der Waals surface area contributed by atoms with Crippen molar-refractivity contribution in [3.05, 3.63) is 71.4 Å². The van der Waals surface area contributed by atoms with Crippen LogP contribution in [0, 0.1) is 18.3 Å². The molecule has 0 bridgehead atoms. The molecule has 4 rings (SSSR count). The van der Waals surface area contributed by atoms with Crippen LogP contribution in [0.4, 0.5) is 0 Å². The molecule has 1 fully saturated rings. The number of hydrogen-bond donors (Lipinski definition) is 1. The van der Waals surface area contributed by atoms with E-state index in [-0.39, 0.29) is 0 Å². The lowest BCUT2D eigenvalue weighted by atomic mass is 9.87. The molecule has 2 aromatic carbocycles. The first-order valence-corrected chi connectivity index (χ1v) is 10.1. The smallest absolute Gasteiger partial charge is 0.317 e. The Morgan fingerprint density at radius 2 is 1.77 bits per heavy atom. The SMILES string of the molecule is COC(=O)[C@]1(c2ccc(OCc3cc(C)nc4ccccc34)cc2)[C@@H](C(=O)O)C1(C)C. The van der Waals surface area contributed by atoms with Gasteiger partial charge in [0.15, 0.2) is 0 Å². The van der Waals surface area contributed by atoms with Crippen LogP contribution in [0.5, 0.6) is 5.75 Å². The van der Waals surface area contributed by atoms with E-state index in [1.165, 1.54) is 7.11 Å². The Hall–Kier alpha value is -3.41. The number of aryl methyl sites for hydroxylation is 1. The normalized spacial score (nSPS) is 21.5. The number of carbonyl (C=O) groups is 2. The first-order valence-electron chi connectivity index (χ1n) is 10.1. The molecule has 0 saturated heterocycles. The van der Waals surface area contributed by atoms with Crippen LogP contribution in [0.1, 0.15) is 30.7 Å². The second kappa shape index (κ2) is 7.38. The predicted octanol–water partition coefficient (Wildman–Crippen LogP) is 4.27. The van der Waals surface area contributed by atoms with E-state index in [0.29, 0.717) is 17.9 Å². The van der Waals surface area contributed by atoms with Crippen molar-refractivity contribution in [2.24, 2.45) is 11.3 Å². The number of ether oxygens (including phenoxy) is 2. The fourth-order valence-corrected chi connectivity index (χ4v) is 4.95. The number of aliphatic carboxylic acids is 1. The summed E-state index contributed by atoms with van der Waals surface area (Å²) in [5, 5.41) is 10.7. The van der Waals surface area contributed by atoms with Crippen LogP contribution in [0.25, 0.3) is 10.9 Å². The number of esters is 1. The third-order valence-corrected chi connectivity index (χ3v) is 6.48. The molecule has 1 saturated carbocycles. The monoisotopic (exact) mass is 419 g/mol. The van der Waals surface area contributed by atoms with E-state index in [4.69, 9.17) is 9.47 Å². The highest BCUT2D eigenvalue weighted by atomic mass is 16.5. The molecule has 1 aliphatic rings. The summed E-state index contributed by atoms with van der Waals surface area (Å²) < 4.78 is 11.0. The summed E-state index contributed by atoms with van der Waals surface area (Å²) in [7, 11) is 1.29. The number of nitrogens with zero attached hydrogens (tertiary/aromatic N) is 1. The summed E-state index contributed by atoms with van der Waals surface area (Å²) in [6, 6.07) is 17.0. The summed E-state index contributed by atoms with van der Waals surface area (Å²) >= 11 is 0. The van der Waals surface area contributed by atoms with Gasteiger partial charge in [0.1, 0.15) is 17.8 Å². The topological polar surface area (TPSA) is 85.7 Å². The molecule has 0 unspecified atom stereocenters. The van der Waals surface area contributed by atoms with E-state index in [9.17, 15) is 14.7 Å². The van der Waals surface area contributed by atoms with Crippen LogP contribution in [0.3, 0.4) is 0 Å². The van der Waals surface area contributed by atoms with Gasteiger partial charge in [0.25, 0.3) is 0 Å². The van der Waals surface area contributed by atoms with E-state index < -0.39 is 28.7 Å². The quantitative estimate of drug-likeness (QED) is 0.601. The summed E-state index contributed by atoms with van der Waals surface area (Å²) in [4.78, 5) is 29.0. The lowest BCUT2D eigenvalue weighted by Crippen LogP contribution is -2.29. The van der Waals surface area contributed by atoms with E-state index in [1.54, 1.807) is 38.1 Å². The standard InChI is InChI=1S/C25H25NO5/c1-15-13-16(19-7-5-6-8-20(19)26-15)14-31-18-11-9-17(10-12-18)25(23(29)30-4)21(22(27)28)24(25,2)3/h5-13,21H,14H2,1-4H3,(H,27,28)/t21-,25-/m0/s1. The summed E-state index contributed by atoms with van der Waals surface area (Å²) in [5.74, 6) is -1.74. The number of fused-ring (bicyclic) bond motifs is 1. The van der Waals surface area contributed by atoms with E-state index in [0.717, 1.165) is 22.2 Å². The minimum atomic E-state index is -1.20. The van der Waals surface area contributed by atoms with E-state index in [1.807, 2.05) is 37.3 Å². The van der Waals surface area contributed by atoms with Gasteiger partial charge in [0, 0.05) is 22.1 Å². The first kappa shape index (κ1) is 20.8. The van der Waals surface area contributed by atoms with Crippen LogP contribution in [0.15, 0.2) is 54.6 Å².